The van der Waals surface area contributed by atoms with Gasteiger partial charge in [-0.3, -0.25) is 4.79 Å². The minimum atomic E-state index is -1.32. The Bertz CT molecular complexity index is 320. The van der Waals surface area contributed by atoms with Crippen LogP contribution in [0, 0.1) is 0 Å². The quantitative estimate of drug-likeness (QED) is 0.445. The summed E-state index contributed by atoms with van der Waals surface area (Å²) in [5, 5.41) is 10.1. The molecule has 6 heteroatoms. The predicted molar refractivity (Wildman–Crippen MR) is 55.6 cm³/mol. The number of carbonyl (C=O) groups excluding carboxylic acids is 3. The molecule has 0 bridgehead atoms. The molecular formula is C11H15O6-. The molecule has 96 valence electrons. The molecule has 0 heterocycles. The molecule has 0 spiro atoms. The van der Waals surface area contributed by atoms with E-state index in [-0.39, 0.29) is 18.6 Å². The standard InChI is InChI=1S/C11H16O6/c1-7(2)11(15)17-8(3)6-16-10(14)5-4-9(12)13/h8H,1,4-6H2,2-3H3,(H,12,13)/p-1. The van der Waals surface area contributed by atoms with Gasteiger partial charge in [0.1, 0.15) is 12.7 Å². The molecule has 0 amide bonds. The van der Waals surface area contributed by atoms with Crippen molar-refractivity contribution in [2.24, 2.45) is 0 Å². The van der Waals surface area contributed by atoms with E-state index in [1.807, 2.05) is 0 Å². The Morgan fingerprint density at radius 2 is 1.88 bits per heavy atom. The topological polar surface area (TPSA) is 92.7 Å². The van der Waals surface area contributed by atoms with Gasteiger partial charge < -0.3 is 19.4 Å². The molecule has 0 saturated carbocycles. The Kier molecular flexibility index (Phi) is 6.62. The summed E-state index contributed by atoms with van der Waals surface area (Å²) in [6.07, 6.45) is -1.26. The molecule has 17 heavy (non-hydrogen) atoms. The summed E-state index contributed by atoms with van der Waals surface area (Å²) in [4.78, 5) is 32.1. The Hall–Kier alpha value is -1.85. The first-order valence-electron chi connectivity index (χ1n) is 5.05. The average Bonchev–Trinajstić information content (AvgIpc) is 2.23. The lowest BCUT2D eigenvalue weighted by Crippen LogP contribution is -2.25. The second-order valence-corrected chi connectivity index (χ2v) is 3.55. The normalized spacial score (nSPS) is 11.4. The summed E-state index contributed by atoms with van der Waals surface area (Å²) in [6, 6.07) is 0. The number of carboxylic acid groups (broad SMARTS) is 1. The van der Waals surface area contributed by atoms with Crippen molar-refractivity contribution in [1.29, 1.82) is 0 Å². The molecule has 0 aromatic rings. The summed E-state index contributed by atoms with van der Waals surface area (Å²) in [5.41, 5.74) is 0.250. The van der Waals surface area contributed by atoms with Crippen LogP contribution in [0.4, 0.5) is 0 Å². The largest absolute Gasteiger partial charge is 0.550 e. The molecular weight excluding hydrogens is 228 g/mol. The van der Waals surface area contributed by atoms with Gasteiger partial charge in [-0.2, -0.15) is 0 Å². The van der Waals surface area contributed by atoms with Crippen LogP contribution in [0.15, 0.2) is 12.2 Å². The van der Waals surface area contributed by atoms with Gasteiger partial charge in [0.2, 0.25) is 0 Å². The van der Waals surface area contributed by atoms with Gasteiger partial charge in [-0.05, 0) is 20.3 Å². The van der Waals surface area contributed by atoms with E-state index in [0.717, 1.165) is 0 Å². The van der Waals surface area contributed by atoms with E-state index in [9.17, 15) is 19.5 Å². The Morgan fingerprint density at radius 3 is 2.35 bits per heavy atom. The highest BCUT2D eigenvalue weighted by molar-refractivity contribution is 5.87. The lowest BCUT2D eigenvalue weighted by atomic mass is 10.3. The molecule has 6 nitrogen and oxygen atoms in total. The fraction of sp³-hybridized carbons (Fsp3) is 0.545. The van der Waals surface area contributed by atoms with E-state index in [2.05, 4.69) is 6.58 Å². The smallest absolute Gasteiger partial charge is 0.333 e. The van der Waals surface area contributed by atoms with E-state index in [0.29, 0.717) is 0 Å². The molecule has 0 rings (SSSR count). The van der Waals surface area contributed by atoms with E-state index < -0.39 is 30.4 Å². The van der Waals surface area contributed by atoms with Gasteiger partial charge in [0.05, 0.1) is 6.42 Å². The molecule has 1 atom stereocenters. The van der Waals surface area contributed by atoms with Crippen LogP contribution in [0.25, 0.3) is 0 Å². The van der Waals surface area contributed by atoms with E-state index >= 15 is 0 Å². The second-order valence-electron chi connectivity index (χ2n) is 3.55. The number of hydrogen-bond donors (Lipinski definition) is 0. The van der Waals surface area contributed by atoms with Gasteiger partial charge in [-0.25, -0.2) is 4.79 Å². The van der Waals surface area contributed by atoms with Crippen molar-refractivity contribution in [1.82, 2.24) is 0 Å². The zero-order valence-electron chi connectivity index (χ0n) is 9.86. The third-order valence-electron chi connectivity index (χ3n) is 1.67. The van der Waals surface area contributed by atoms with Gasteiger partial charge in [-0.15, -0.1) is 0 Å². The lowest BCUT2D eigenvalue weighted by Gasteiger charge is -2.13. The summed E-state index contributed by atoms with van der Waals surface area (Å²) in [5.74, 6) is -2.56. The number of aliphatic carboxylic acids is 1. The van der Waals surface area contributed by atoms with Crippen molar-refractivity contribution in [3.05, 3.63) is 12.2 Å². The fourth-order valence-corrected chi connectivity index (χ4v) is 0.804. The number of rotatable bonds is 7. The molecule has 0 N–H and O–H groups in total. The van der Waals surface area contributed by atoms with E-state index in [4.69, 9.17) is 9.47 Å². The maximum absolute atomic E-state index is 11.1. The molecule has 1 unspecified atom stereocenters. The van der Waals surface area contributed by atoms with Gasteiger partial charge in [0.15, 0.2) is 0 Å². The predicted octanol–water partition coefficient (Wildman–Crippen LogP) is -0.432. The van der Waals surface area contributed by atoms with Crippen LogP contribution in [-0.4, -0.2) is 30.6 Å². The van der Waals surface area contributed by atoms with Crippen LogP contribution >= 0.6 is 0 Å². The Morgan fingerprint density at radius 1 is 1.29 bits per heavy atom. The molecule has 0 radical (unpaired) electrons. The first-order valence-corrected chi connectivity index (χ1v) is 5.05. The van der Waals surface area contributed by atoms with Crippen molar-refractivity contribution in [2.75, 3.05) is 6.61 Å². The van der Waals surface area contributed by atoms with Crippen LogP contribution in [-0.2, 0) is 23.9 Å². The average molecular weight is 243 g/mol. The van der Waals surface area contributed by atoms with Crippen molar-refractivity contribution < 1.29 is 29.0 Å². The Labute approximate surface area is 99.2 Å². The van der Waals surface area contributed by atoms with Gasteiger partial charge in [-0.1, -0.05) is 6.58 Å². The number of carbonyl (C=O) groups is 3. The summed E-state index contributed by atoms with van der Waals surface area (Å²) >= 11 is 0. The lowest BCUT2D eigenvalue weighted by molar-refractivity contribution is -0.305. The zero-order chi connectivity index (χ0) is 13.4. The Balaban J connectivity index is 3.80. The van der Waals surface area contributed by atoms with E-state index in [1.165, 1.54) is 6.92 Å². The van der Waals surface area contributed by atoms with Crippen molar-refractivity contribution in [2.45, 2.75) is 32.8 Å². The van der Waals surface area contributed by atoms with E-state index in [1.54, 1.807) is 6.92 Å². The number of ether oxygens (including phenoxy) is 2. The van der Waals surface area contributed by atoms with Crippen molar-refractivity contribution in [3.8, 4) is 0 Å². The van der Waals surface area contributed by atoms with Crippen LogP contribution in [0.3, 0.4) is 0 Å². The van der Waals surface area contributed by atoms with Crippen LogP contribution in [0.2, 0.25) is 0 Å². The van der Waals surface area contributed by atoms with Crippen molar-refractivity contribution in [3.63, 3.8) is 0 Å². The van der Waals surface area contributed by atoms with Crippen molar-refractivity contribution >= 4 is 17.9 Å². The first kappa shape index (κ1) is 15.2. The minimum Gasteiger partial charge on any atom is -0.550 e. The number of esters is 2. The molecule has 0 aliphatic rings. The third kappa shape index (κ3) is 8.01. The minimum absolute atomic E-state index is 0.120. The monoisotopic (exact) mass is 243 g/mol. The first-order chi connectivity index (χ1) is 7.82. The molecule has 0 aromatic heterocycles. The second kappa shape index (κ2) is 7.43. The number of hydrogen-bond acceptors (Lipinski definition) is 6. The number of carboxylic acids is 1. The van der Waals surface area contributed by atoms with Gasteiger partial charge in [0, 0.05) is 11.5 Å². The molecule has 0 aliphatic heterocycles. The van der Waals surface area contributed by atoms with Gasteiger partial charge in [0.25, 0.3) is 0 Å². The van der Waals surface area contributed by atoms with Crippen LogP contribution < -0.4 is 5.11 Å². The highest BCUT2D eigenvalue weighted by atomic mass is 16.6. The highest BCUT2D eigenvalue weighted by Gasteiger charge is 2.12. The fourth-order valence-electron chi connectivity index (χ4n) is 0.804. The SMILES string of the molecule is C=C(C)C(=O)OC(C)COC(=O)CCC(=O)[O-]. The molecule has 0 fully saturated rings. The highest BCUT2D eigenvalue weighted by Crippen LogP contribution is 2.00. The molecule has 0 aliphatic carbocycles. The zero-order valence-corrected chi connectivity index (χ0v) is 9.86. The third-order valence-corrected chi connectivity index (χ3v) is 1.67. The maximum Gasteiger partial charge on any atom is 0.333 e. The molecule has 0 aromatic carbocycles. The summed E-state index contributed by atoms with van der Waals surface area (Å²) < 4.78 is 9.54. The van der Waals surface area contributed by atoms with Crippen LogP contribution in [0.5, 0.6) is 0 Å². The van der Waals surface area contributed by atoms with Gasteiger partial charge >= 0.3 is 11.9 Å². The summed E-state index contributed by atoms with van der Waals surface area (Å²) in [6.45, 7) is 6.33. The van der Waals surface area contributed by atoms with Crippen LogP contribution in [0.1, 0.15) is 26.7 Å². The maximum atomic E-state index is 11.1. The summed E-state index contributed by atoms with van der Waals surface area (Å²) in [7, 11) is 0. The molecule has 0 saturated heterocycles.